The molecule has 1 aromatic heterocycles. The monoisotopic (exact) mass is 435 g/mol. The zero-order valence-electron chi connectivity index (χ0n) is 13.7. The van der Waals surface area contributed by atoms with Crippen molar-refractivity contribution in [3.63, 3.8) is 0 Å². The number of aryl methyl sites for hydroxylation is 1. The number of carbonyl (C=O) groups excluding carboxylic acids is 1. The van der Waals surface area contributed by atoms with Crippen LogP contribution in [-0.4, -0.2) is 16.6 Å². The minimum Gasteiger partial charge on any atom is -0.438 e. The molecule has 2 unspecified atom stereocenters. The van der Waals surface area contributed by atoms with Crippen LogP contribution < -0.4 is 10.2 Å². The number of amides is 1. The lowest BCUT2D eigenvalue weighted by Crippen LogP contribution is -2.38. The van der Waals surface area contributed by atoms with Crippen molar-refractivity contribution in [1.29, 1.82) is 0 Å². The van der Waals surface area contributed by atoms with Crippen LogP contribution in [0.4, 0.5) is 0 Å². The first-order valence-corrected chi connectivity index (χ1v) is 8.78. The van der Waals surface area contributed by atoms with Gasteiger partial charge in [-0.2, -0.15) is 5.10 Å². The summed E-state index contributed by atoms with van der Waals surface area (Å²) >= 11 is 2.20. The highest BCUT2D eigenvalue weighted by Gasteiger charge is 2.32. The fourth-order valence-corrected chi connectivity index (χ4v) is 3.40. The zero-order chi connectivity index (χ0) is 17.3. The Morgan fingerprint density at radius 2 is 2.04 bits per heavy atom. The van der Waals surface area contributed by atoms with Crippen LogP contribution in [0.25, 0.3) is 0 Å². The Kier molecular flexibility index (Phi) is 4.84. The first-order valence-electron chi connectivity index (χ1n) is 7.70. The van der Waals surface area contributed by atoms with E-state index in [1.807, 2.05) is 51.1 Å². The number of halogens is 1. The van der Waals surface area contributed by atoms with E-state index in [2.05, 4.69) is 38.1 Å². The van der Waals surface area contributed by atoms with Gasteiger partial charge in [0.15, 0.2) is 0 Å². The lowest BCUT2D eigenvalue weighted by atomic mass is 9.80. The van der Waals surface area contributed by atoms with Gasteiger partial charge in [0.2, 0.25) is 11.8 Å². The number of carbonyl (C=O) groups is 1. The molecule has 0 aliphatic carbocycles. The topological polar surface area (TPSA) is 63.6 Å². The fraction of sp³-hybridized carbons (Fsp3) is 0.278. The van der Waals surface area contributed by atoms with Gasteiger partial charge in [-0.15, -0.1) is 0 Å². The van der Waals surface area contributed by atoms with Gasteiger partial charge < -0.3 is 4.74 Å². The van der Waals surface area contributed by atoms with Crippen molar-refractivity contribution in [3.8, 4) is 11.6 Å². The van der Waals surface area contributed by atoms with Gasteiger partial charge in [0, 0.05) is 23.7 Å². The van der Waals surface area contributed by atoms with Crippen LogP contribution in [0.3, 0.4) is 0 Å². The number of nitrogens with one attached hydrogen (secondary N) is 1. The summed E-state index contributed by atoms with van der Waals surface area (Å²) in [7, 11) is 0. The van der Waals surface area contributed by atoms with Crippen molar-refractivity contribution in [2.45, 2.75) is 26.7 Å². The van der Waals surface area contributed by atoms with Crippen molar-refractivity contribution in [2.24, 2.45) is 11.0 Å². The molecule has 5 nitrogen and oxygen atoms in total. The van der Waals surface area contributed by atoms with Crippen LogP contribution in [0.1, 0.15) is 30.9 Å². The van der Waals surface area contributed by atoms with E-state index < -0.39 is 0 Å². The molecular weight excluding hydrogens is 417 g/mol. The first kappa shape index (κ1) is 16.9. The van der Waals surface area contributed by atoms with E-state index in [1.54, 1.807) is 6.20 Å². The van der Waals surface area contributed by atoms with E-state index in [-0.39, 0.29) is 17.7 Å². The van der Waals surface area contributed by atoms with Gasteiger partial charge in [0.05, 0.1) is 3.57 Å². The van der Waals surface area contributed by atoms with Gasteiger partial charge >= 0.3 is 0 Å². The molecule has 3 rings (SSSR count). The van der Waals surface area contributed by atoms with E-state index in [4.69, 9.17) is 4.74 Å². The van der Waals surface area contributed by atoms with Gasteiger partial charge in [0.25, 0.3) is 0 Å². The molecule has 1 amide bonds. The predicted molar refractivity (Wildman–Crippen MR) is 101 cm³/mol. The number of hydrazone groups is 1. The number of pyridine rings is 1. The second kappa shape index (κ2) is 6.88. The van der Waals surface area contributed by atoms with Crippen LogP contribution in [0.15, 0.2) is 41.6 Å². The molecule has 0 saturated heterocycles. The van der Waals surface area contributed by atoms with Gasteiger partial charge in [-0.25, -0.2) is 10.4 Å². The number of hydrogen-bond acceptors (Lipinski definition) is 4. The van der Waals surface area contributed by atoms with Gasteiger partial charge in [-0.1, -0.05) is 13.0 Å². The van der Waals surface area contributed by atoms with Crippen molar-refractivity contribution in [3.05, 3.63) is 51.2 Å². The summed E-state index contributed by atoms with van der Waals surface area (Å²) in [6, 6.07) is 9.73. The van der Waals surface area contributed by atoms with Crippen LogP contribution in [0.5, 0.6) is 11.6 Å². The Morgan fingerprint density at radius 1 is 1.25 bits per heavy atom. The summed E-state index contributed by atoms with van der Waals surface area (Å²) in [5.41, 5.74) is 5.65. The zero-order valence-corrected chi connectivity index (χ0v) is 15.9. The normalized spacial score (nSPS) is 20.3. The van der Waals surface area contributed by atoms with Crippen LogP contribution >= 0.6 is 22.6 Å². The molecule has 0 spiro atoms. The SMILES string of the molecule is CC1=NNC(=O)C(C)C1c1ccc(Oc2ncccc2I)cc1C. The second-order valence-corrected chi connectivity index (χ2v) is 7.07. The number of hydrogen-bond donors (Lipinski definition) is 1. The van der Waals surface area contributed by atoms with Crippen molar-refractivity contribution >= 4 is 34.2 Å². The summed E-state index contributed by atoms with van der Waals surface area (Å²) in [5.74, 6) is 1.12. The summed E-state index contributed by atoms with van der Waals surface area (Å²) in [5, 5.41) is 4.14. The van der Waals surface area contributed by atoms with Crippen LogP contribution in [-0.2, 0) is 4.79 Å². The maximum atomic E-state index is 11.9. The fourth-order valence-electron chi connectivity index (χ4n) is 2.94. The maximum Gasteiger partial charge on any atom is 0.243 e. The van der Waals surface area contributed by atoms with E-state index in [0.717, 1.165) is 26.2 Å². The third-order valence-electron chi connectivity index (χ3n) is 4.22. The molecule has 2 atom stereocenters. The number of aromatic nitrogens is 1. The number of benzene rings is 1. The Morgan fingerprint density at radius 3 is 2.75 bits per heavy atom. The van der Waals surface area contributed by atoms with Crippen LogP contribution in [0.2, 0.25) is 0 Å². The average Bonchev–Trinajstić information content (AvgIpc) is 2.55. The summed E-state index contributed by atoms with van der Waals surface area (Å²) < 4.78 is 6.83. The molecule has 124 valence electrons. The van der Waals surface area contributed by atoms with Crippen molar-refractivity contribution < 1.29 is 9.53 Å². The predicted octanol–water partition coefficient (Wildman–Crippen LogP) is 4.01. The molecule has 0 radical (unpaired) electrons. The van der Waals surface area contributed by atoms with Crippen molar-refractivity contribution in [2.75, 3.05) is 0 Å². The minimum atomic E-state index is -0.148. The average molecular weight is 435 g/mol. The molecule has 1 N–H and O–H groups in total. The third kappa shape index (κ3) is 3.28. The molecule has 6 heteroatoms. The van der Waals surface area contributed by atoms with E-state index in [0.29, 0.717) is 5.88 Å². The Bertz CT molecular complexity index is 820. The number of nitrogens with zero attached hydrogens (tertiary/aromatic N) is 2. The Labute approximate surface area is 154 Å². The summed E-state index contributed by atoms with van der Waals surface area (Å²) in [6.07, 6.45) is 1.71. The molecule has 0 saturated carbocycles. The van der Waals surface area contributed by atoms with E-state index in [9.17, 15) is 4.79 Å². The lowest BCUT2D eigenvalue weighted by Gasteiger charge is -2.28. The van der Waals surface area contributed by atoms with E-state index >= 15 is 0 Å². The highest BCUT2D eigenvalue weighted by molar-refractivity contribution is 14.1. The molecule has 0 bridgehead atoms. The largest absolute Gasteiger partial charge is 0.438 e. The molecule has 1 aliphatic heterocycles. The molecule has 2 heterocycles. The van der Waals surface area contributed by atoms with Gasteiger partial charge in [0.1, 0.15) is 5.75 Å². The molecule has 1 aliphatic rings. The number of ether oxygens (including phenoxy) is 1. The second-order valence-electron chi connectivity index (χ2n) is 5.91. The van der Waals surface area contributed by atoms with Gasteiger partial charge in [-0.3, -0.25) is 4.79 Å². The molecule has 2 aromatic rings. The Hall–Kier alpha value is -1.96. The maximum absolute atomic E-state index is 11.9. The standard InChI is InChI=1S/C18H18IN3O2/c1-10-9-13(24-18-15(19)5-4-8-20-18)6-7-14(10)16-11(2)17(23)22-21-12(16)3/h4-9,11,16H,1-3H3,(H,22,23). The quantitative estimate of drug-likeness (QED) is 0.742. The van der Waals surface area contributed by atoms with Crippen molar-refractivity contribution in [1.82, 2.24) is 10.4 Å². The highest BCUT2D eigenvalue weighted by Crippen LogP contribution is 2.34. The first-order chi connectivity index (χ1) is 11.5. The molecular formula is C18H18IN3O2. The lowest BCUT2D eigenvalue weighted by molar-refractivity contribution is -0.125. The van der Waals surface area contributed by atoms with E-state index in [1.165, 1.54) is 0 Å². The summed E-state index contributed by atoms with van der Waals surface area (Å²) in [4.78, 5) is 16.2. The number of rotatable bonds is 3. The molecule has 0 fully saturated rings. The van der Waals surface area contributed by atoms with Gasteiger partial charge in [-0.05, 0) is 71.8 Å². The molecule has 24 heavy (non-hydrogen) atoms. The smallest absolute Gasteiger partial charge is 0.243 e. The molecule has 1 aromatic carbocycles. The third-order valence-corrected chi connectivity index (χ3v) is 5.04. The minimum absolute atomic E-state index is 0.0113. The highest BCUT2D eigenvalue weighted by atomic mass is 127. The Balaban J connectivity index is 1.90. The summed E-state index contributed by atoms with van der Waals surface area (Å²) in [6.45, 7) is 5.90. The van der Waals surface area contributed by atoms with Crippen LogP contribution in [0, 0.1) is 16.4 Å².